The van der Waals surface area contributed by atoms with Crippen LogP contribution in [0.4, 0.5) is 11.4 Å². The molecule has 0 aromatic heterocycles. The summed E-state index contributed by atoms with van der Waals surface area (Å²) in [7, 11) is -3.50. The molecule has 0 aliphatic carbocycles. The fourth-order valence-electron chi connectivity index (χ4n) is 2.30. The fourth-order valence-corrected chi connectivity index (χ4v) is 3.16. The zero-order chi connectivity index (χ0) is 14.7. The lowest BCUT2D eigenvalue weighted by atomic mass is 10.1. The van der Waals surface area contributed by atoms with Crippen molar-refractivity contribution in [3.05, 3.63) is 65.1 Å². The van der Waals surface area contributed by atoms with Crippen molar-refractivity contribution >= 4 is 27.5 Å². The Labute approximate surface area is 124 Å². The number of nitrogens with one attached hydrogen (secondary N) is 2. The molecule has 1 aliphatic rings. The van der Waals surface area contributed by atoms with Gasteiger partial charge in [-0.2, -0.15) is 0 Å². The lowest BCUT2D eigenvalue weighted by Gasteiger charge is -2.06. The van der Waals surface area contributed by atoms with E-state index in [1.165, 1.54) is 5.41 Å². The standard InChI is InChI=1S/C16H16N2O2S/c19-21(20,11-9-13-4-2-1-3-5-13)18-15-6-7-16-14(12-15)8-10-17-16/h1-7,9,11-12,17-18H,8,10H2. The molecule has 0 bridgehead atoms. The molecule has 0 saturated heterocycles. The van der Waals surface area contributed by atoms with Gasteiger partial charge in [0.25, 0.3) is 10.0 Å². The maximum Gasteiger partial charge on any atom is 0.255 e. The topological polar surface area (TPSA) is 58.2 Å². The third-order valence-corrected chi connectivity index (χ3v) is 4.33. The van der Waals surface area contributed by atoms with E-state index < -0.39 is 10.0 Å². The molecule has 3 rings (SSSR count). The minimum Gasteiger partial charge on any atom is -0.384 e. The Kier molecular flexibility index (Phi) is 3.66. The van der Waals surface area contributed by atoms with Crippen molar-refractivity contribution in [2.75, 3.05) is 16.6 Å². The molecule has 2 N–H and O–H groups in total. The number of anilines is 2. The van der Waals surface area contributed by atoms with Gasteiger partial charge in [0.1, 0.15) is 0 Å². The Morgan fingerprint density at radius 1 is 1.10 bits per heavy atom. The largest absolute Gasteiger partial charge is 0.384 e. The van der Waals surface area contributed by atoms with Crippen molar-refractivity contribution in [3.8, 4) is 0 Å². The summed E-state index contributed by atoms with van der Waals surface area (Å²) < 4.78 is 26.7. The van der Waals surface area contributed by atoms with E-state index in [0.717, 1.165) is 29.8 Å². The summed E-state index contributed by atoms with van der Waals surface area (Å²) in [5.74, 6) is 0. The first kappa shape index (κ1) is 13.7. The Balaban J connectivity index is 1.76. The summed E-state index contributed by atoms with van der Waals surface area (Å²) in [6.07, 6.45) is 2.50. The molecule has 0 saturated carbocycles. The first-order chi connectivity index (χ1) is 10.1. The molecular weight excluding hydrogens is 284 g/mol. The van der Waals surface area contributed by atoms with Crippen LogP contribution in [0.2, 0.25) is 0 Å². The monoisotopic (exact) mass is 300 g/mol. The lowest BCUT2D eigenvalue weighted by Crippen LogP contribution is -2.08. The van der Waals surface area contributed by atoms with Gasteiger partial charge in [-0.25, -0.2) is 8.42 Å². The van der Waals surface area contributed by atoms with E-state index in [1.54, 1.807) is 12.1 Å². The molecule has 0 spiro atoms. The number of rotatable bonds is 4. The molecule has 0 amide bonds. The maximum absolute atomic E-state index is 12.1. The molecule has 0 unspecified atom stereocenters. The zero-order valence-electron chi connectivity index (χ0n) is 11.4. The van der Waals surface area contributed by atoms with Crippen LogP contribution < -0.4 is 10.0 Å². The number of hydrogen-bond donors (Lipinski definition) is 2. The third kappa shape index (κ3) is 3.44. The Morgan fingerprint density at radius 3 is 2.71 bits per heavy atom. The summed E-state index contributed by atoms with van der Waals surface area (Å²) in [5, 5.41) is 4.43. The van der Waals surface area contributed by atoms with Crippen molar-refractivity contribution < 1.29 is 8.42 Å². The average molecular weight is 300 g/mol. The SMILES string of the molecule is O=S(=O)(C=Cc1ccccc1)Nc1ccc2c(c1)CCN2. The van der Waals surface area contributed by atoms with E-state index in [1.807, 2.05) is 42.5 Å². The van der Waals surface area contributed by atoms with Crippen molar-refractivity contribution in [3.63, 3.8) is 0 Å². The van der Waals surface area contributed by atoms with Crippen LogP contribution in [0.1, 0.15) is 11.1 Å². The quantitative estimate of drug-likeness (QED) is 0.912. The smallest absolute Gasteiger partial charge is 0.255 e. The van der Waals surface area contributed by atoms with Crippen LogP contribution in [-0.2, 0) is 16.4 Å². The summed E-state index contributed by atoms with van der Waals surface area (Å²) in [4.78, 5) is 0. The van der Waals surface area contributed by atoms with E-state index in [4.69, 9.17) is 0 Å². The van der Waals surface area contributed by atoms with Gasteiger partial charge in [0.2, 0.25) is 0 Å². The van der Waals surface area contributed by atoms with Gasteiger partial charge in [-0.05, 0) is 41.8 Å². The van der Waals surface area contributed by atoms with Crippen molar-refractivity contribution in [2.45, 2.75) is 6.42 Å². The first-order valence-electron chi connectivity index (χ1n) is 6.75. The van der Waals surface area contributed by atoms with Gasteiger partial charge >= 0.3 is 0 Å². The van der Waals surface area contributed by atoms with Crippen LogP contribution in [0.25, 0.3) is 6.08 Å². The van der Waals surface area contributed by atoms with Gasteiger partial charge in [0, 0.05) is 17.9 Å². The van der Waals surface area contributed by atoms with Gasteiger partial charge in [-0.3, -0.25) is 4.72 Å². The summed E-state index contributed by atoms with van der Waals surface area (Å²) in [5.41, 5.74) is 3.66. The van der Waals surface area contributed by atoms with E-state index in [9.17, 15) is 8.42 Å². The van der Waals surface area contributed by atoms with Gasteiger partial charge < -0.3 is 5.32 Å². The molecule has 0 atom stereocenters. The number of benzene rings is 2. The van der Waals surface area contributed by atoms with Crippen molar-refractivity contribution in [1.82, 2.24) is 0 Å². The molecule has 2 aromatic carbocycles. The highest BCUT2D eigenvalue weighted by atomic mass is 32.2. The molecule has 5 heteroatoms. The highest BCUT2D eigenvalue weighted by Crippen LogP contribution is 2.25. The summed E-state index contributed by atoms with van der Waals surface area (Å²) in [6.45, 7) is 0.902. The highest BCUT2D eigenvalue weighted by Gasteiger charge is 2.12. The predicted octanol–water partition coefficient (Wildman–Crippen LogP) is 3.07. The lowest BCUT2D eigenvalue weighted by molar-refractivity contribution is 0.609. The molecule has 4 nitrogen and oxygen atoms in total. The number of sulfonamides is 1. The molecule has 1 aliphatic heterocycles. The van der Waals surface area contributed by atoms with Gasteiger partial charge in [-0.15, -0.1) is 0 Å². The van der Waals surface area contributed by atoms with Crippen LogP contribution >= 0.6 is 0 Å². The third-order valence-electron chi connectivity index (χ3n) is 3.31. The molecule has 0 fully saturated rings. The Hall–Kier alpha value is -2.27. The molecule has 1 heterocycles. The zero-order valence-corrected chi connectivity index (χ0v) is 12.2. The number of fused-ring (bicyclic) bond motifs is 1. The minimum atomic E-state index is -3.50. The predicted molar refractivity (Wildman–Crippen MR) is 86.7 cm³/mol. The average Bonchev–Trinajstić information content (AvgIpc) is 2.93. The van der Waals surface area contributed by atoms with Gasteiger partial charge in [0.15, 0.2) is 0 Å². The number of hydrogen-bond acceptors (Lipinski definition) is 3. The van der Waals surface area contributed by atoms with Crippen LogP contribution in [0, 0.1) is 0 Å². The van der Waals surface area contributed by atoms with Crippen LogP contribution in [0.5, 0.6) is 0 Å². The normalized spacial score (nSPS) is 13.9. The van der Waals surface area contributed by atoms with Gasteiger partial charge in [0.05, 0.1) is 5.41 Å². The van der Waals surface area contributed by atoms with Crippen LogP contribution in [0.3, 0.4) is 0 Å². The van der Waals surface area contributed by atoms with Crippen LogP contribution in [0.15, 0.2) is 53.9 Å². The highest BCUT2D eigenvalue weighted by molar-refractivity contribution is 7.95. The minimum absolute atomic E-state index is 0.593. The second-order valence-corrected chi connectivity index (χ2v) is 6.48. The fraction of sp³-hybridized carbons (Fsp3) is 0.125. The summed E-state index contributed by atoms with van der Waals surface area (Å²) in [6, 6.07) is 14.9. The van der Waals surface area contributed by atoms with Crippen molar-refractivity contribution in [1.29, 1.82) is 0 Å². The first-order valence-corrected chi connectivity index (χ1v) is 8.30. The summed E-state index contributed by atoms with van der Waals surface area (Å²) >= 11 is 0. The van der Waals surface area contributed by atoms with Crippen LogP contribution in [-0.4, -0.2) is 15.0 Å². The molecule has 2 aromatic rings. The molecular formula is C16H16N2O2S. The molecule has 0 radical (unpaired) electrons. The Bertz CT molecular complexity index is 768. The van der Waals surface area contributed by atoms with Gasteiger partial charge in [-0.1, -0.05) is 30.3 Å². The van der Waals surface area contributed by atoms with E-state index >= 15 is 0 Å². The second kappa shape index (κ2) is 5.61. The van der Waals surface area contributed by atoms with Crippen molar-refractivity contribution in [2.24, 2.45) is 0 Å². The van der Waals surface area contributed by atoms with E-state index in [0.29, 0.717) is 5.69 Å². The Morgan fingerprint density at radius 2 is 1.90 bits per heavy atom. The van der Waals surface area contributed by atoms with E-state index in [2.05, 4.69) is 10.0 Å². The molecule has 21 heavy (non-hydrogen) atoms. The maximum atomic E-state index is 12.1. The molecule has 108 valence electrons. The second-order valence-electron chi connectivity index (χ2n) is 4.91. The van der Waals surface area contributed by atoms with E-state index in [-0.39, 0.29) is 0 Å².